The molecule has 10 heteroatoms. The number of fused-ring (bicyclic) bond motifs is 1. The number of hydrogen-bond acceptors (Lipinski definition) is 6. The Morgan fingerprint density at radius 1 is 1.16 bits per heavy atom. The standard InChI is InChI=1S/C21H24N8O2/c1-12-14(13(2)28-17(24-12)11-19(31)27-28)9-18(30)25-16-10-15(21(3,4)5)26-29(16)20-22-7-6-8-23-20/h6-8,10-11H,9H2,1-5H3,(H,25,30)(H,27,31). The molecule has 160 valence electrons. The predicted molar refractivity (Wildman–Crippen MR) is 115 cm³/mol. The zero-order chi connectivity index (χ0) is 22.3. The third-order valence-electron chi connectivity index (χ3n) is 5.03. The van der Waals surface area contributed by atoms with E-state index in [0.29, 0.717) is 23.1 Å². The number of amides is 1. The van der Waals surface area contributed by atoms with E-state index in [4.69, 9.17) is 0 Å². The van der Waals surface area contributed by atoms with Gasteiger partial charge in [0, 0.05) is 46.9 Å². The topological polar surface area (TPSA) is 123 Å². The Morgan fingerprint density at radius 2 is 1.87 bits per heavy atom. The molecule has 2 N–H and O–H groups in total. The maximum absolute atomic E-state index is 13.0. The van der Waals surface area contributed by atoms with Crippen molar-refractivity contribution in [2.75, 3.05) is 5.32 Å². The molecule has 0 bridgehead atoms. The van der Waals surface area contributed by atoms with Crippen LogP contribution in [0.25, 0.3) is 11.6 Å². The fourth-order valence-electron chi connectivity index (χ4n) is 3.35. The monoisotopic (exact) mass is 420 g/mol. The van der Waals surface area contributed by atoms with Gasteiger partial charge >= 0.3 is 0 Å². The predicted octanol–water partition coefficient (Wildman–Crippen LogP) is 2.09. The molecule has 0 fully saturated rings. The van der Waals surface area contributed by atoms with Crippen LogP contribution in [-0.2, 0) is 16.6 Å². The van der Waals surface area contributed by atoms with E-state index in [1.165, 1.54) is 10.7 Å². The van der Waals surface area contributed by atoms with Gasteiger partial charge in [-0.15, -0.1) is 0 Å². The quantitative estimate of drug-likeness (QED) is 0.521. The number of carbonyl (C=O) groups is 1. The van der Waals surface area contributed by atoms with Crippen LogP contribution >= 0.6 is 0 Å². The average Bonchev–Trinajstić information content (AvgIpc) is 3.29. The summed E-state index contributed by atoms with van der Waals surface area (Å²) >= 11 is 0. The van der Waals surface area contributed by atoms with Gasteiger partial charge in [0.2, 0.25) is 5.91 Å². The number of anilines is 1. The highest BCUT2D eigenvalue weighted by atomic mass is 16.1. The van der Waals surface area contributed by atoms with Crippen molar-refractivity contribution in [3.63, 3.8) is 0 Å². The van der Waals surface area contributed by atoms with Gasteiger partial charge in [-0.1, -0.05) is 20.8 Å². The second kappa shape index (κ2) is 7.46. The molecule has 4 aromatic heterocycles. The molecule has 0 spiro atoms. The van der Waals surface area contributed by atoms with Crippen LogP contribution in [0.4, 0.5) is 5.82 Å². The molecule has 10 nitrogen and oxygen atoms in total. The van der Waals surface area contributed by atoms with Gasteiger partial charge in [-0.05, 0) is 19.9 Å². The van der Waals surface area contributed by atoms with E-state index < -0.39 is 0 Å². The van der Waals surface area contributed by atoms with Crippen LogP contribution in [0.5, 0.6) is 0 Å². The minimum Gasteiger partial charge on any atom is -0.310 e. The fourth-order valence-corrected chi connectivity index (χ4v) is 3.35. The highest BCUT2D eigenvalue weighted by Gasteiger charge is 2.23. The fraction of sp³-hybridized carbons (Fsp3) is 0.333. The summed E-state index contributed by atoms with van der Waals surface area (Å²) in [6.07, 6.45) is 3.34. The molecule has 0 radical (unpaired) electrons. The van der Waals surface area contributed by atoms with Crippen LogP contribution in [0.3, 0.4) is 0 Å². The number of aromatic amines is 1. The molecule has 4 aromatic rings. The first-order valence-corrected chi connectivity index (χ1v) is 9.89. The first-order valence-electron chi connectivity index (χ1n) is 9.89. The van der Waals surface area contributed by atoms with E-state index >= 15 is 0 Å². The van der Waals surface area contributed by atoms with Crippen molar-refractivity contribution in [3.05, 3.63) is 63.6 Å². The lowest BCUT2D eigenvalue weighted by molar-refractivity contribution is -0.115. The largest absolute Gasteiger partial charge is 0.310 e. The van der Waals surface area contributed by atoms with Crippen molar-refractivity contribution in [3.8, 4) is 5.95 Å². The third kappa shape index (κ3) is 3.96. The van der Waals surface area contributed by atoms with Crippen LogP contribution in [0, 0.1) is 13.8 Å². The summed E-state index contributed by atoms with van der Waals surface area (Å²) in [6, 6.07) is 4.98. The minimum atomic E-state index is -0.238. The molecular formula is C21H24N8O2. The number of aryl methyl sites for hydroxylation is 2. The van der Waals surface area contributed by atoms with E-state index in [2.05, 4.69) is 30.5 Å². The van der Waals surface area contributed by atoms with Crippen LogP contribution in [0.2, 0.25) is 0 Å². The van der Waals surface area contributed by atoms with Gasteiger partial charge in [-0.25, -0.2) is 19.5 Å². The number of aromatic nitrogens is 7. The third-order valence-corrected chi connectivity index (χ3v) is 5.03. The van der Waals surface area contributed by atoms with Gasteiger partial charge in [-0.3, -0.25) is 14.7 Å². The van der Waals surface area contributed by atoms with Gasteiger partial charge in [0.25, 0.3) is 11.5 Å². The number of hydrogen-bond donors (Lipinski definition) is 2. The van der Waals surface area contributed by atoms with Crippen molar-refractivity contribution in [1.29, 1.82) is 0 Å². The molecule has 1 amide bonds. The molecule has 4 rings (SSSR count). The Morgan fingerprint density at radius 3 is 2.55 bits per heavy atom. The highest BCUT2D eigenvalue weighted by molar-refractivity contribution is 5.92. The normalized spacial score (nSPS) is 11.8. The summed E-state index contributed by atoms with van der Waals surface area (Å²) < 4.78 is 3.13. The lowest BCUT2D eigenvalue weighted by Gasteiger charge is -2.13. The summed E-state index contributed by atoms with van der Waals surface area (Å²) in [5.41, 5.74) is 3.07. The summed E-state index contributed by atoms with van der Waals surface area (Å²) in [5.74, 6) is 0.618. The van der Waals surface area contributed by atoms with Crippen LogP contribution in [-0.4, -0.2) is 40.3 Å². The maximum Gasteiger partial charge on any atom is 0.266 e. The van der Waals surface area contributed by atoms with E-state index in [0.717, 1.165) is 17.0 Å². The first-order chi connectivity index (χ1) is 14.6. The number of rotatable bonds is 4. The van der Waals surface area contributed by atoms with Gasteiger partial charge in [0.15, 0.2) is 5.65 Å². The van der Waals surface area contributed by atoms with Crippen LogP contribution < -0.4 is 10.9 Å². The summed E-state index contributed by atoms with van der Waals surface area (Å²) in [4.78, 5) is 37.6. The molecular weight excluding hydrogens is 396 g/mol. The van der Waals surface area contributed by atoms with Crippen molar-refractivity contribution in [2.45, 2.75) is 46.5 Å². The molecule has 0 aliphatic rings. The Balaban J connectivity index is 1.67. The molecule has 31 heavy (non-hydrogen) atoms. The van der Waals surface area contributed by atoms with E-state index in [1.54, 1.807) is 23.0 Å². The highest BCUT2D eigenvalue weighted by Crippen LogP contribution is 2.25. The van der Waals surface area contributed by atoms with E-state index in [1.807, 2.05) is 40.7 Å². The van der Waals surface area contributed by atoms with Crippen molar-refractivity contribution in [2.24, 2.45) is 0 Å². The lowest BCUT2D eigenvalue weighted by Crippen LogP contribution is -2.20. The SMILES string of the molecule is Cc1nc2cc(=O)[nH]n2c(C)c1CC(=O)Nc1cc(C(C)(C)C)nn1-c1ncccn1. The van der Waals surface area contributed by atoms with Crippen molar-refractivity contribution in [1.82, 2.24) is 34.3 Å². The Hall–Kier alpha value is -3.82. The maximum atomic E-state index is 13.0. The Kier molecular flexibility index (Phi) is 4.92. The van der Waals surface area contributed by atoms with Crippen molar-refractivity contribution < 1.29 is 4.79 Å². The molecule has 4 heterocycles. The number of nitrogens with one attached hydrogen (secondary N) is 2. The zero-order valence-corrected chi connectivity index (χ0v) is 18.1. The van der Waals surface area contributed by atoms with Gasteiger partial charge in [0.05, 0.1) is 12.1 Å². The Labute approximate surface area is 178 Å². The van der Waals surface area contributed by atoms with Gasteiger partial charge < -0.3 is 5.32 Å². The number of nitrogens with zero attached hydrogens (tertiary/aromatic N) is 6. The Bertz CT molecular complexity index is 1330. The van der Waals surface area contributed by atoms with Crippen LogP contribution in [0.15, 0.2) is 35.4 Å². The molecule has 0 aromatic carbocycles. The lowest BCUT2D eigenvalue weighted by atomic mass is 9.92. The molecule has 0 saturated heterocycles. The second-order valence-corrected chi connectivity index (χ2v) is 8.43. The zero-order valence-electron chi connectivity index (χ0n) is 18.1. The minimum absolute atomic E-state index is 0.0898. The number of carbonyl (C=O) groups excluding carboxylic acids is 1. The second-order valence-electron chi connectivity index (χ2n) is 8.43. The first kappa shape index (κ1) is 20.5. The molecule has 0 saturated carbocycles. The summed E-state index contributed by atoms with van der Waals surface area (Å²) in [7, 11) is 0. The molecule has 0 atom stereocenters. The summed E-state index contributed by atoms with van der Waals surface area (Å²) in [5, 5.41) is 10.2. The molecule has 0 aliphatic heterocycles. The van der Waals surface area contributed by atoms with Gasteiger partial charge in [0.1, 0.15) is 5.82 Å². The molecule has 0 aliphatic carbocycles. The van der Waals surface area contributed by atoms with Gasteiger partial charge in [-0.2, -0.15) is 9.78 Å². The summed E-state index contributed by atoms with van der Waals surface area (Å²) in [6.45, 7) is 9.81. The average molecular weight is 420 g/mol. The smallest absolute Gasteiger partial charge is 0.266 e. The van der Waals surface area contributed by atoms with E-state index in [9.17, 15) is 9.59 Å². The molecule has 0 unspecified atom stereocenters. The number of H-pyrrole nitrogens is 1. The van der Waals surface area contributed by atoms with Crippen molar-refractivity contribution >= 4 is 17.4 Å². The van der Waals surface area contributed by atoms with Crippen LogP contribution in [0.1, 0.15) is 43.4 Å². The van der Waals surface area contributed by atoms with E-state index in [-0.39, 0.29) is 23.3 Å².